The van der Waals surface area contributed by atoms with Crippen molar-refractivity contribution in [2.24, 2.45) is 10.8 Å². The molecule has 0 aromatic heterocycles. The van der Waals surface area contributed by atoms with Crippen LogP contribution < -0.4 is 5.32 Å². The predicted molar refractivity (Wildman–Crippen MR) is 115 cm³/mol. The summed E-state index contributed by atoms with van der Waals surface area (Å²) in [6.45, 7) is 29.3. The van der Waals surface area contributed by atoms with E-state index in [-0.39, 0.29) is 27.6 Å². The third kappa shape index (κ3) is 11.6. The maximum atomic E-state index is 6.19. The van der Waals surface area contributed by atoms with Crippen molar-refractivity contribution in [2.45, 2.75) is 119 Å². The predicted octanol–water partition coefficient (Wildman–Crippen LogP) is 6.21. The van der Waals surface area contributed by atoms with Gasteiger partial charge in [-0.05, 0) is 78.2 Å². The Labute approximate surface area is 165 Å². The largest absolute Gasteiger partial charge is 0.375 e. The zero-order valence-electron chi connectivity index (χ0n) is 20.1. The molecule has 0 amide bonds. The summed E-state index contributed by atoms with van der Waals surface area (Å²) in [5, 5.41) is 3.71. The van der Waals surface area contributed by atoms with Crippen molar-refractivity contribution in [3.05, 3.63) is 0 Å². The van der Waals surface area contributed by atoms with Crippen molar-refractivity contribution in [1.29, 1.82) is 0 Å². The minimum Gasteiger partial charge on any atom is -0.375 e. The van der Waals surface area contributed by atoms with Crippen LogP contribution in [0.15, 0.2) is 0 Å². The fraction of sp³-hybridized carbons (Fsp3) is 1.00. The molecule has 0 saturated carbocycles. The van der Waals surface area contributed by atoms with Gasteiger partial charge in [-0.1, -0.05) is 41.5 Å². The van der Waals surface area contributed by atoms with Crippen molar-refractivity contribution >= 4 is 0 Å². The summed E-state index contributed by atoms with van der Waals surface area (Å²) in [4.78, 5) is 0. The van der Waals surface area contributed by atoms with Gasteiger partial charge in [0.1, 0.15) is 0 Å². The van der Waals surface area contributed by atoms with Gasteiger partial charge in [0.15, 0.2) is 0 Å². The first-order valence-electron chi connectivity index (χ1n) is 10.4. The van der Waals surface area contributed by atoms with Crippen LogP contribution in [0.25, 0.3) is 0 Å². The van der Waals surface area contributed by atoms with Gasteiger partial charge in [-0.25, -0.2) is 0 Å². The second-order valence-electron chi connectivity index (χ2n) is 11.9. The maximum Gasteiger partial charge on any atom is 0.0648 e. The fourth-order valence-corrected chi connectivity index (χ4v) is 2.31. The van der Waals surface area contributed by atoms with E-state index in [2.05, 4.69) is 88.4 Å². The lowest BCUT2D eigenvalue weighted by atomic mass is 9.76. The van der Waals surface area contributed by atoms with E-state index in [1.54, 1.807) is 0 Å². The molecule has 3 nitrogen and oxygen atoms in total. The van der Waals surface area contributed by atoms with Gasteiger partial charge in [-0.15, -0.1) is 0 Å². The summed E-state index contributed by atoms with van der Waals surface area (Å²) in [7, 11) is 0. The summed E-state index contributed by atoms with van der Waals surface area (Å²) in [6.07, 6.45) is 3.10. The molecule has 0 rings (SSSR count). The molecule has 0 atom stereocenters. The molecule has 0 bridgehead atoms. The Bertz CT molecular complexity index is 397. The molecule has 0 aliphatic rings. The Hall–Kier alpha value is -0.120. The third-order valence-electron chi connectivity index (χ3n) is 5.49. The van der Waals surface area contributed by atoms with E-state index in [1.807, 2.05) is 0 Å². The summed E-state index contributed by atoms with van der Waals surface area (Å²) in [5.41, 5.74) is 0.352. The lowest BCUT2D eigenvalue weighted by Gasteiger charge is -2.40. The Kier molecular flexibility index (Phi) is 9.34. The number of hydrogen-bond donors (Lipinski definition) is 1. The zero-order valence-corrected chi connectivity index (χ0v) is 20.1. The highest BCUT2D eigenvalue weighted by Crippen LogP contribution is 2.29. The van der Waals surface area contributed by atoms with Gasteiger partial charge in [0.05, 0.1) is 24.4 Å². The van der Waals surface area contributed by atoms with E-state index >= 15 is 0 Å². The Balaban J connectivity index is 4.15. The maximum absolute atomic E-state index is 6.19. The van der Waals surface area contributed by atoms with Crippen molar-refractivity contribution in [3.63, 3.8) is 0 Å². The average Bonchev–Trinajstić information content (AvgIpc) is 2.39. The molecule has 0 saturated heterocycles. The summed E-state index contributed by atoms with van der Waals surface area (Å²) in [6, 6.07) is 0. The normalized spacial score (nSPS) is 14.8. The van der Waals surface area contributed by atoms with Crippen LogP contribution in [0.5, 0.6) is 0 Å². The standard InChI is InChI=1S/C23H49NO2/c1-19(2,3)18-26-22(9,10)15-17-25-21(7,8)14-13-16-24-23(11,12)20(4,5)6/h24H,13-18H2,1-12H3. The molecule has 0 aliphatic heterocycles. The number of hydrogen-bond acceptors (Lipinski definition) is 3. The van der Waals surface area contributed by atoms with E-state index < -0.39 is 0 Å². The van der Waals surface area contributed by atoms with Gasteiger partial charge in [-0.3, -0.25) is 0 Å². The molecule has 0 aromatic rings. The number of ether oxygens (including phenoxy) is 2. The molecule has 0 fully saturated rings. The molecule has 158 valence electrons. The van der Waals surface area contributed by atoms with Gasteiger partial charge < -0.3 is 14.8 Å². The van der Waals surface area contributed by atoms with Crippen LogP contribution in [-0.2, 0) is 9.47 Å². The first-order chi connectivity index (χ1) is 11.4. The molecule has 3 heteroatoms. The molecule has 0 aromatic carbocycles. The van der Waals surface area contributed by atoms with E-state index in [9.17, 15) is 0 Å². The van der Waals surface area contributed by atoms with Crippen LogP contribution >= 0.6 is 0 Å². The minimum atomic E-state index is -0.137. The lowest BCUT2D eigenvalue weighted by Crippen LogP contribution is -2.50. The van der Waals surface area contributed by atoms with Crippen LogP contribution in [0.3, 0.4) is 0 Å². The van der Waals surface area contributed by atoms with Gasteiger partial charge in [0.25, 0.3) is 0 Å². The smallest absolute Gasteiger partial charge is 0.0648 e. The van der Waals surface area contributed by atoms with Crippen molar-refractivity contribution in [3.8, 4) is 0 Å². The topological polar surface area (TPSA) is 30.5 Å². The average molecular weight is 372 g/mol. The minimum absolute atomic E-state index is 0.0896. The second kappa shape index (κ2) is 9.39. The molecular weight excluding hydrogens is 322 g/mol. The van der Waals surface area contributed by atoms with Crippen LogP contribution in [0.2, 0.25) is 0 Å². The molecule has 0 radical (unpaired) electrons. The highest BCUT2D eigenvalue weighted by atomic mass is 16.5. The van der Waals surface area contributed by atoms with Crippen molar-refractivity contribution in [2.75, 3.05) is 19.8 Å². The Morgan fingerprint density at radius 3 is 1.62 bits per heavy atom. The van der Waals surface area contributed by atoms with Crippen molar-refractivity contribution in [1.82, 2.24) is 5.32 Å². The van der Waals surface area contributed by atoms with Crippen LogP contribution in [0.1, 0.15) is 102 Å². The van der Waals surface area contributed by atoms with Gasteiger partial charge in [0, 0.05) is 5.54 Å². The summed E-state index contributed by atoms with van der Waals surface area (Å²) >= 11 is 0. The van der Waals surface area contributed by atoms with E-state index in [0.717, 1.165) is 39.0 Å². The van der Waals surface area contributed by atoms with Crippen LogP contribution in [0.4, 0.5) is 0 Å². The highest BCUT2D eigenvalue weighted by molar-refractivity contribution is 4.90. The van der Waals surface area contributed by atoms with Gasteiger partial charge >= 0.3 is 0 Å². The number of rotatable bonds is 11. The molecule has 0 heterocycles. The molecule has 0 spiro atoms. The molecule has 0 aliphatic carbocycles. The van der Waals surface area contributed by atoms with E-state index in [4.69, 9.17) is 9.47 Å². The van der Waals surface area contributed by atoms with Gasteiger partial charge in [0.2, 0.25) is 0 Å². The van der Waals surface area contributed by atoms with Gasteiger partial charge in [-0.2, -0.15) is 0 Å². The molecular formula is C23H49NO2. The SMILES string of the molecule is CC(C)(C)COC(C)(C)CCOC(C)(C)CCCNC(C)(C)C(C)(C)C. The van der Waals surface area contributed by atoms with Crippen LogP contribution in [0, 0.1) is 10.8 Å². The fourth-order valence-electron chi connectivity index (χ4n) is 2.31. The molecule has 0 unspecified atom stereocenters. The summed E-state index contributed by atoms with van der Waals surface area (Å²) < 4.78 is 12.3. The molecule has 26 heavy (non-hydrogen) atoms. The van der Waals surface area contributed by atoms with Crippen LogP contribution in [-0.4, -0.2) is 36.5 Å². The van der Waals surface area contributed by atoms with Crippen molar-refractivity contribution < 1.29 is 9.47 Å². The monoisotopic (exact) mass is 371 g/mol. The first kappa shape index (κ1) is 25.9. The molecule has 1 N–H and O–H groups in total. The lowest BCUT2D eigenvalue weighted by molar-refractivity contribution is -0.0894. The number of nitrogens with one attached hydrogen (secondary N) is 1. The first-order valence-corrected chi connectivity index (χ1v) is 10.4. The second-order valence-corrected chi connectivity index (χ2v) is 11.9. The Morgan fingerprint density at radius 1 is 0.654 bits per heavy atom. The van der Waals surface area contributed by atoms with E-state index in [1.165, 1.54) is 0 Å². The Morgan fingerprint density at radius 2 is 1.15 bits per heavy atom. The van der Waals surface area contributed by atoms with E-state index in [0.29, 0.717) is 0 Å². The summed E-state index contributed by atoms with van der Waals surface area (Å²) in [5.74, 6) is 0. The quantitative estimate of drug-likeness (QED) is 0.438. The highest BCUT2D eigenvalue weighted by Gasteiger charge is 2.32. The zero-order chi connectivity index (χ0) is 20.9. The third-order valence-corrected chi connectivity index (χ3v) is 5.49.